The smallest absolute Gasteiger partial charge is 0.243 e. The summed E-state index contributed by atoms with van der Waals surface area (Å²) in [6.07, 6.45) is 1.08. The fraction of sp³-hybridized carbons (Fsp3) is 0.409. The standard InChI is InChI=1S/C22H28N2O3S/c1-16-9-10-17(2)21(15-16)18(3)23-22(25)19-11-13-24(14-12-19)28(26,27)20-7-5-4-6-8-20/h4-10,15,18-19H,11-14H2,1-3H3,(H,23,25). The minimum absolute atomic E-state index is 0.00478. The highest BCUT2D eigenvalue weighted by Gasteiger charge is 2.32. The van der Waals surface area contributed by atoms with Crippen LogP contribution in [-0.2, 0) is 14.8 Å². The summed E-state index contributed by atoms with van der Waals surface area (Å²) in [6, 6.07) is 14.6. The van der Waals surface area contributed by atoms with Crippen molar-refractivity contribution in [3.8, 4) is 0 Å². The second-order valence-electron chi connectivity index (χ2n) is 7.58. The van der Waals surface area contributed by atoms with E-state index in [0.717, 1.165) is 11.1 Å². The van der Waals surface area contributed by atoms with Crippen molar-refractivity contribution in [1.29, 1.82) is 0 Å². The summed E-state index contributed by atoms with van der Waals surface area (Å²) < 4.78 is 26.9. The van der Waals surface area contributed by atoms with Crippen molar-refractivity contribution in [2.75, 3.05) is 13.1 Å². The maximum absolute atomic E-state index is 12.7. The van der Waals surface area contributed by atoms with Gasteiger partial charge in [-0.1, -0.05) is 42.0 Å². The van der Waals surface area contributed by atoms with Gasteiger partial charge in [0.2, 0.25) is 15.9 Å². The molecule has 0 radical (unpaired) electrons. The molecule has 0 spiro atoms. The molecular weight excluding hydrogens is 372 g/mol. The van der Waals surface area contributed by atoms with E-state index in [1.165, 1.54) is 9.87 Å². The molecule has 3 rings (SSSR count). The number of amides is 1. The van der Waals surface area contributed by atoms with Gasteiger partial charge in [-0.3, -0.25) is 4.79 Å². The second-order valence-corrected chi connectivity index (χ2v) is 9.52. The molecule has 2 aromatic rings. The molecule has 6 heteroatoms. The summed E-state index contributed by atoms with van der Waals surface area (Å²) in [5.74, 6) is -0.153. The van der Waals surface area contributed by atoms with Gasteiger partial charge in [-0.15, -0.1) is 0 Å². The highest BCUT2D eigenvalue weighted by molar-refractivity contribution is 7.89. The molecule has 0 aromatic heterocycles. The molecule has 1 saturated heterocycles. The zero-order chi connectivity index (χ0) is 20.3. The summed E-state index contributed by atoms with van der Waals surface area (Å²) in [6.45, 7) is 6.82. The summed E-state index contributed by atoms with van der Waals surface area (Å²) >= 11 is 0. The minimum atomic E-state index is -3.49. The van der Waals surface area contributed by atoms with Crippen LogP contribution in [0.3, 0.4) is 0 Å². The number of rotatable bonds is 5. The molecule has 1 heterocycles. The average molecular weight is 401 g/mol. The molecule has 1 atom stereocenters. The molecule has 1 aliphatic rings. The SMILES string of the molecule is Cc1ccc(C)c(C(C)NC(=O)C2CCN(S(=O)(=O)c3ccccc3)CC2)c1. The molecule has 2 aromatic carbocycles. The van der Waals surface area contributed by atoms with Crippen LogP contribution in [-0.4, -0.2) is 31.7 Å². The Kier molecular flexibility index (Phi) is 6.20. The lowest BCUT2D eigenvalue weighted by atomic mass is 9.95. The molecule has 1 N–H and O–H groups in total. The fourth-order valence-corrected chi connectivity index (χ4v) is 5.23. The number of nitrogens with zero attached hydrogens (tertiary/aromatic N) is 1. The largest absolute Gasteiger partial charge is 0.349 e. The van der Waals surface area contributed by atoms with E-state index in [-0.39, 0.29) is 17.9 Å². The Bertz CT molecular complexity index is 934. The summed E-state index contributed by atoms with van der Waals surface area (Å²) in [7, 11) is -3.49. The Balaban J connectivity index is 1.60. The summed E-state index contributed by atoms with van der Waals surface area (Å²) in [5, 5.41) is 3.11. The highest BCUT2D eigenvalue weighted by atomic mass is 32.2. The maximum Gasteiger partial charge on any atom is 0.243 e. The van der Waals surface area contributed by atoms with Crippen molar-refractivity contribution in [3.05, 3.63) is 65.2 Å². The Morgan fingerprint density at radius 2 is 1.71 bits per heavy atom. The zero-order valence-electron chi connectivity index (χ0n) is 16.7. The topological polar surface area (TPSA) is 66.5 Å². The molecule has 5 nitrogen and oxygen atoms in total. The quantitative estimate of drug-likeness (QED) is 0.834. The van der Waals surface area contributed by atoms with E-state index in [9.17, 15) is 13.2 Å². The van der Waals surface area contributed by atoms with Crippen LogP contribution < -0.4 is 5.32 Å². The Hall–Kier alpha value is -2.18. The van der Waals surface area contributed by atoms with E-state index in [2.05, 4.69) is 23.5 Å². The van der Waals surface area contributed by atoms with Gasteiger partial charge < -0.3 is 5.32 Å². The van der Waals surface area contributed by atoms with E-state index in [1.54, 1.807) is 30.3 Å². The zero-order valence-corrected chi connectivity index (χ0v) is 17.5. The van der Waals surface area contributed by atoms with Gasteiger partial charge in [-0.25, -0.2) is 8.42 Å². The molecule has 28 heavy (non-hydrogen) atoms. The van der Waals surface area contributed by atoms with Crippen molar-refractivity contribution in [3.63, 3.8) is 0 Å². The molecule has 0 saturated carbocycles. The fourth-order valence-electron chi connectivity index (χ4n) is 3.74. The lowest BCUT2D eigenvalue weighted by Gasteiger charge is -2.31. The number of hydrogen-bond donors (Lipinski definition) is 1. The maximum atomic E-state index is 12.7. The Morgan fingerprint density at radius 1 is 1.07 bits per heavy atom. The number of piperidine rings is 1. The van der Waals surface area contributed by atoms with Gasteiger partial charge in [0.15, 0.2) is 0 Å². The van der Waals surface area contributed by atoms with Gasteiger partial charge >= 0.3 is 0 Å². The molecule has 0 bridgehead atoms. The third-order valence-electron chi connectivity index (χ3n) is 5.47. The van der Waals surface area contributed by atoms with Crippen LogP contribution in [0.5, 0.6) is 0 Å². The number of aryl methyl sites for hydroxylation is 2. The molecular formula is C22H28N2O3S. The molecule has 1 unspecified atom stereocenters. The van der Waals surface area contributed by atoms with Gasteiger partial charge in [0.1, 0.15) is 0 Å². The Labute approximate surface area is 167 Å². The van der Waals surface area contributed by atoms with Crippen LogP contribution >= 0.6 is 0 Å². The van der Waals surface area contributed by atoms with Crippen LogP contribution in [0, 0.1) is 19.8 Å². The van der Waals surface area contributed by atoms with Gasteiger partial charge in [-0.2, -0.15) is 4.31 Å². The van der Waals surface area contributed by atoms with Crippen molar-refractivity contribution in [2.24, 2.45) is 5.92 Å². The highest BCUT2D eigenvalue weighted by Crippen LogP contribution is 2.25. The average Bonchev–Trinajstić information content (AvgIpc) is 2.70. The third-order valence-corrected chi connectivity index (χ3v) is 7.38. The van der Waals surface area contributed by atoms with E-state index in [4.69, 9.17) is 0 Å². The monoisotopic (exact) mass is 400 g/mol. The van der Waals surface area contributed by atoms with Crippen LogP contribution in [0.4, 0.5) is 0 Å². The predicted molar refractivity (Wildman–Crippen MR) is 110 cm³/mol. The lowest BCUT2D eigenvalue weighted by molar-refractivity contribution is -0.126. The number of nitrogens with one attached hydrogen (secondary N) is 1. The van der Waals surface area contributed by atoms with E-state index in [0.29, 0.717) is 30.8 Å². The Morgan fingerprint density at radius 3 is 2.36 bits per heavy atom. The van der Waals surface area contributed by atoms with E-state index >= 15 is 0 Å². The molecule has 1 amide bonds. The van der Waals surface area contributed by atoms with Crippen molar-refractivity contribution >= 4 is 15.9 Å². The first-order chi connectivity index (χ1) is 13.3. The first kappa shape index (κ1) is 20.6. The molecule has 1 fully saturated rings. The summed E-state index contributed by atoms with van der Waals surface area (Å²) in [5.41, 5.74) is 3.45. The van der Waals surface area contributed by atoms with Gasteiger partial charge in [-0.05, 0) is 56.9 Å². The number of sulfonamides is 1. The van der Waals surface area contributed by atoms with E-state index < -0.39 is 10.0 Å². The van der Waals surface area contributed by atoms with Crippen molar-refractivity contribution < 1.29 is 13.2 Å². The normalized spacial score (nSPS) is 17.2. The number of benzene rings is 2. The number of carbonyl (C=O) groups is 1. The summed E-state index contributed by atoms with van der Waals surface area (Å²) in [4.78, 5) is 13.0. The number of hydrogen-bond acceptors (Lipinski definition) is 3. The lowest BCUT2D eigenvalue weighted by Crippen LogP contribution is -2.43. The van der Waals surface area contributed by atoms with Crippen LogP contribution in [0.15, 0.2) is 53.4 Å². The van der Waals surface area contributed by atoms with Crippen molar-refractivity contribution in [1.82, 2.24) is 9.62 Å². The second kappa shape index (κ2) is 8.45. The van der Waals surface area contributed by atoms with Crippen LogP contribution in [0.1, 0.15) is 42.5 Å². The molecule has 150 valence electrons. The van der Waals surface area contributed by atoms with Crippen LogP contribution in [0.25, 0.3) is 0 Å². The minimum Gasteiger partial charge on any atom is -0.349 e. The van der Waals surface area contributed by atoms with Gasteiger partial charge in [0, 0.05) is 19.0 Å². The predicted octanol–water partition coefficient (Wildman–Crippen LogP) is 3.58. The third kappa shape index (κ3) is 4.45. The first-order valence-corrected chi connectivity index (χ1v) is 11.2. The van der Waals surface area contributed by atoms with Gasteiger partial charge in [0.25, 0.3) is 0 Å². The number of carbonyl (C=O) groups excluding carboxylic acids is 1. The first-order valence-electron chi connectivity index (χ1n) is 9.72. The van der Waals surface area contributed by atoms with E-state index in [1.807, 2.05) is 20.8 Å². The molecule has 1 aliphatic heterocycles. The van der Waals surface area contributed by atoms with Crippen LogP contribution in [0.2, 0.25) is 0 Å². The van der Waals surface area contributed by atoms with Crippen molar-refractivity contribution in [2.45, 2.75) is 44.6 Å². The van der Waals surface area contributed by atoms with Gasteiger partial charge in [0.05, 0.1) is 10.9 Å². The molecule has 0 aliphatic carbocycles.